The number of benzene rings is 1. The van der Waals surface area contributed by atoms with Crippen molar-refractivity contribution in [3.05, 3.63) is 77.1 Å². The molecular formula is C24H24F2N6O. The first-order chi connectivity index (χ1) is 16.1. The standard InChI is InChI=1S/C24H24F2N6O/c25-18-3-4-19(26)17-13-15(1-2-16(17)18)23-29-8-5-20(30-23)24(33)31-21-14-28-7-6-22(21)32-11-9-27-10-12-32/h3-8,14-15,27H,1-2,9-13H2,(H,31,33). The maximum atomic E-state index is 14.3. The summed E-state index contributed by atoms with van der Waals surface area (Å²) >= 11 is 0. The van der Waals surface area contributed by atoms with E-state index in [1.807, 2.05) is 6.07 Å². The molecule has 0 spiro atoms. The Morgan fingerprint density at radius 1 is 1.06 bits per heavy atom. The minimum Gasteiger partial charge on any atom is -0.367 e. The molecule has 1 fully saturated rings. The number of hydrogen-bond acceptors (Lipinski definition) is 6. The fourth-order valence-electron chi connectivity index (χ4n) is 4.56. The number of hydrogen-bond donors (Lipinski definition) is 2. The van der Waals surface area contributed by atoms with Gasteiger partial charge in [0.2, 0.25) is 0 Å². The number of halogens is 2. The van der Waals surface area contributed by atoms with Crippen LogP contribution in [0.2, 0.25) is 0 Å². The molecule has 2 N–H and O–H groups in total. The molecule has 1 aromatic carbocycles. The lowest BCUT2D eigenvalue weighted by Gasteiger charge is -2.30. The van der Waals surface area contributed by atoms with Gasteiger partial charge in [-0.1, -0.05) is 0 Å². The van der Waals surface area contributed by atoms with Crippen LogP contribution in [-0.2, 0) is 12.8 Å². The Morgan fingerprint density at radius 2 is 1.85 bits per heavy atom. The molecule has 0 bridgehead atoms. The SMILES string of the molecule is O=C(Nc1cnccc1N1CCNCC1)c1ccnc(C2CCc3c(F)ccc(F)c3C2)n1. The molecule has 1 atom stereocenters. The van der Waals surface area contributed by atoms with Crippen molar-refractivity contribution in [2.75, 3.05) is 36.4 Å². The Balaban J connectivity index is 1.35. The van der Waals surface area contributed by atoms with Crippen LogP contribution < -0.4 is 15.5 Å². The first-order valence-corrected chi connectivity index (χ1v) is 11.1. The number of nitrogens with one attached hydrogen (secondary N) is 2. The highest BCUT2D eigenvalue weighted by molar-refractivity contribution is 6.04. The number of anilines is 2. The van der Waals surface area contributed by atoms with E-state index in [0.717, 1.165) is 37.9 Å². The minimum atomic E-state index is -0.415. The van der Waals surface area contributed by atoms with Crippen LogP contribution >= 0.6 is 0 Å². The molecule has 2 aromatic heterocycles. The second kappa shape index (κ2) is 9.19. The van der Waals surface area contributed by atoms with Gasteiger partial charge in [-0.15, -0.1) is 0 Å². The third-order valence-corrected chi connectivity index (χ3v) is 6.29. The molecule has 9 heteroatoms. The number of carbonyl (C=O) groups is 1. The summed E-state index contributed by atoms with van der Waals surface area (Å²) in [7, 11) is 0. The molecule has 1 aliphatic carbocycles. The quantitative estimate of drug-likeness (QED) is 0.636. The summed E-state index contributed by atoms with van der Waals surface area (Å²) in [5.74, 6) is -0.879. The summed E-state index contributed by atoms with van der Waals surface area (Å²) in [6, 6.07) is 5.77. The Morgan fingerprint density at radius 3 is 2.67 bits per heavy atom. The maximum absolute atomic E-state index is 14.3. The van der Waals surface area contributed by atoms with Crippen LogP contribution in [0.15, 0.2) is 42.9 Å². The van der Waals surface area contributed by atoms with Gasteiger partial charge in [0, 0.05) is 44.5 Å². The third kappa shape index (κ3) is 4.41. The molecule has 1 aliphatic heterocycles. The first-order valence-electron chi connectivity index (χ1n) is 11.1. The summed E-state index contributed by atoms with van der Waals surface area (Å²) in [5.41, 5.74) is 2.56. The van der Waals surface area contributed by atoms with Crippen molar-refractivity contribution in [1.29, 1.82) is 0 Å². The van der Waals surface area contributed by atoms with Gasteiger partial charge >= 0.3 is 0 Å². The highest BCUT2D eigenvalue weighted by atomic mass is 19.1. The first kappa shape index (κ1) is 21.4. The topological polar surface area (TPSA) is 83.0 Å². The van der Waals surface area contributed by atoms with E-state index >= 15 is 0 Å². The number of fused-ring (bicyclic) bond motifs is 1. The van der Waals surface area contributed by atoms with E-state index in [-0.39, 0.29) is 23.3 Å². The Bertz CT molecular complexity index is 1180. The fourth-order valence-corrected chi connectivity index (χ4v) is 4.56. The lowest BCUT2D eigenvalue weighted by atomic mass is 9.83. The van der Waals surface area contributed by atoms with Crippen LogP contribution in [-0.4, -0.2) is 47.0 Å². The summed E-state index contributed by atoms with van der Waals surface area (Å²) in [6.45, 7) is 3.43. The van der Waals surface area contributed by atoms with E-state index in [4.69, 9.17) is 0 Å². The van der Waals surface area contributed by atoms with Gasteiger partial charge in [0.1, 0.15) is 23.2 Å². The second-order valence-electron chi connectivity index (χ2n) is 8.31. The molecule has 1 amide bonds. The van der Waals surface area contributed by atoms with Crippen molar-refractivity contribution >= 4 is 17.3 Å². The average Bonchev–Trinajstić information content (AvgIpc) is 2.87. The van der Waals surface area contributed by atoms with Gasteiger partial charge in [-0.3, -0.25) is 9.78 Å². The predicted molar refractivity (Wildman–Crippen MR) is 120 cm³/mol. The smallest absolute Gasteiger partial charge is 0.274 e. The molecular weight excluding hydrogens is 426 g/mol. The molecule has 0 saturated carbocycles. The summed E-state index contributed by atoms with van der Waals surface area (Å²) < 4.78 is 28.4. The van der Waals surface area contributed by atoms with Crippen LogP contribution in [0.3, 0.4) is 0 Å². The molecule has 3 heterocycles. The van der Waals surface area contributed by atoms with Crippen LogP contribution in [0.5, 0.6) is 0 Å². The van der Waals surface area contributed by atoms with E-state index < -0.39 is 5.82 Å². The number of nitrogens with zero attached hydrogens (tertiary/aromatic N) is 4. The maximum Gasteiger partial charge on any atom is 0.274 e. The zero-order valence-corrected chi connectivity index (χ0v) is 18.0. The number of aromatic nitrogens is 3. The van der Waals surface area contributed by atoms with Crippen molar-refractivity contribution < 1.29 is 13.6 Å². The molecule has 1 unspecified atom stereocenters. The van der Waals surface area contributed by atoms with Crippen molar-refractivity contribution in [3.63, 3.8) is 0 Å². The second-order valence-corrected chi connectivity index (χ2v) is 8.31. The van der Waals surface area contributed by atoms with Crippen LogP contribution in [0.1, 0.15) is 39.8 Å². The number of amides is 1. The highest BCUT2D eigenvalue weighted by Gasteiger charge is 2.27. The Hall–Kier alpha value is -3.46. The lowest BCUT2D eigenvalue weighted by molar-refractivity contribution is 0.102. The average molecular weight is 450 g/mol. The van der Waals surface area contributed by atoms with Gasteiger partial charge < -0.3 is 15.5 Å². The molecule has 33 heavy (non-hydrogen) atoms. The zero-order valence-electron chi connectivity index (χ0n) is 18.0. The van der Waals surface area contributed by atoms with Gasteiger partial charge in [0.25, 0.3) is 5.91 Å². The molecule has 1 saturated heterocycles. The van der Waals surface area contributed by atoms with Crippen LogP contribution in [0.25, 0.3) is 0 Å². The zero-order chi connectivity index (χ0) is 22.8. The Labute approximate surface area is 190 Å². The summed E-state index contributed by atoms with van der Waals surface area (Å²) in [4.78, 5) is 28.2. The largest absolute Gasteiger partial charge is 0.367 e. The molecule has 7 nitrogen and oxygen atoms in total. The van der Waals surface area contributed by atoms with Gasteiger partial charge in [-0.25, -0.2) is 18.7 Å². The van der Waals surface area contributed by atoms with Gasteiger partial charge in [0.05, 0.1) is 17.6 Å². The van der Waals surface area contributed by atoms with Crippen LogP contribution in [0.4, 0.5) is 20.2 Å². The van der Waals surface area contributed by atoms with Gasteiger partial charge in [-0.2, -0.15) is 0 Å². The third-order valence-electron chi connectivity index (χ3n) is 6.29. The summed E-state index contributed by atoms with van der Waals surface area (Å²) in [6.07, 6.45) is 6.18. The van der Waals surface area contributed by atoms with E-state index in [9.17, 15) is 13.6 Å². The summed E-state index contributed by atoms with van der Waals surface area (Å²) in [5, 5.41) is 6.24. The number of carbonyl (C=O) groups excluding carboxylic acids is 1. The van der Waals surface area contributed by atoms with Crippen molar-refractivity contribution in [3.8, 4) is 0 Å². The van der Waals surface area contributed by atoms with Crippen LogP contribution in [0, 0.1) is 11.6 Å². The van der Waals surface area contributed by atoms with Crippen molar-refractivity contribution in [2.24, 2.45) is 0 Å². The molecule has 0 radical (unpaired) electrons. The van der Waals surface area contributed by atoms with Crippen molar-refractivity contribution in [1.82, 2.24) is 20.3 Å². The van der Waals surface area contributed by atoms with E-state index in [2.05, 4.69) is 30.5 Å². The van der Waals surface area contributed by atoms with E-state index in [1.165, 1.54) is 12.3 Å². The molecule has 170 valence electrons. The number of piperazine rings is 1. The van der Waals surface area contributed by atoms with Gasteiger partial charge in [0.15, 0.2) is 0 Å². The highest BCUT2D eigenvalue weighted by Crippen LogP contribution is 2.34. The number of pyridine rings is 1. The van der Waals surface area contributed by atoms with Crippen molar-refractivity contribution in [2.45, 2.75) is 25.2 Å². The monoisotopic (exact) mass is 450 g/mol. The van der Waals surface area contributed by atoms with Gasteiger partial charge in [-0.05, 0) is 54.7 Å². The Kier molecular flexibility index (Phi) is 5.95. The molecule has 2 aliphatic rings. The lowest BCUT2D eigenvalue weighted by Crippen LogP contribution is -2.43. The molecule has 3 aromatic rings. The predicted octanol–water partition coefficient (Wildman–Crippen LogP) is 3.08. The van der Waals surface area contributed by atoms with E-state index in [0.29, 0.717) is 41.9 Å². The van der Waals surface area contributed by atoms with E-state index in [1.54, 1.807) is 18.5 Å². The normalized spacial score (nSPS) is 18.0. The minimum absolute atomic E-state index is 0.184. The number of rotatable bonds is 4. The molecule has 5 rings (SSSR count). The fraction of sp³-hybridized carbons (Fsp3) is 0.333.